The third-order valence-electron chi connectivity index (χ3n) is 2.32. The molecule has 1 aromatic heterocycles. The Morgan fingerprint density at radius 1 is 1.53 bits per heavy atom. The van der Waals surface area contributed by atoms with Crippen molar-refractivity contribution in [2.24, 2.45) is 0 Å². The maximum Gasteiger partial charge on any atom is 0.295 e. The van der Waals surface area contributed by atoms with Gasteiger partial charge in [-0.25, -0.2) is 0 Å². The molecule has 0 aliphatic carbocycles. The Balaban J connectivity index is 2.02. The minimum atomic E-state index is -0.0298. The van der Waals surface area contributed by atoms with Crippen molar-refractivity contribution in [1.82, 2.24) is 10.3 Å². The number of fused-ring (bicyclic) bond motifs is 1. The van der Waals surface area contributed by atoms with E-state index in [2.05, 4.69) is 15.6 Å². The molecule has 0 bridgehead atoms. The van der Waals surface area contributed by atoms with E-state index in [-0.39, 0.29) is 5.91 Å². The van der Waals surface area contributed by atoms with Crippen molar-refractivity contribution in [1.29, 1.82) is 0 Å². The van der Waals surface area contributed by atoms with E-state index >= 15 is 0 Å². The van der Waals surface area contributed by atoms with Crippen LogP contribution in [0, 0.1) is 0 Å². The highest BCUT2D eigenvalue weighted by Crippen LogP contribution is 2.20. The van der Waals surface area contributed by atoms with Crippen molar-refractivity contribution in [2.75, 3.05) is 24.6 Å². The maximum atomic E-state index is 11.0. The summed E-state index contributed by atoms with van der Waals surface area (Å²) < 4.78 is 5.43. The second-order valence-corrected chi connectivity index (χ2v) is 3.60. The van der Waals surface area contributed by atoms with Crippen LogP contribution in [-0.4, -0.2) is 24.5 Å². The fourth-order valence-electron chi connectivity index (χ4n) is 1.43. The van der Waals surface area contributed by atoms with E-state index in [0.717, 1.165) is 0 Å². The number of nitrogens with zero attached hydrogens (tertiary/aromatic N) is 1. The van der Waals surface area contributed by atoms with Crippen LogP contribution in [0.15, 0.2) is 22.6 Å². The van der Waals surface area contributed by atoms with Crippen LogP contribution >= 0.6 is 0 Å². The summed E-state index contributed by atoms with van der Waals surface area (Å²) >= 11 is 0. The number of carbonyl (C=O) groups excluding carboxylic acids is 1. The van der Waals surface area contributed by atoms with Gasteiger partial charge in [0.1, 0.15) is 5.52 Å². The number of rotatable bonds is 4. The number of oxazole rings is 1. The van der Waals surface area contributed by atoms with Crippen molar-refractivity contribution in [3.8, 4) is 0 Å². The van der Waals surface area contributed by atoms with E-state index in [1.807, 2.05) is 0 Å². The summed E-state index contributed by atoms with van der Waals surface area (Å²) in [6, 6.07) is 5.65. The molecule has 2 rings (SSSR count). The lowest BCUT2D eigenvalue weighted by molar-refractivity contribution is -0.120. The number of carbonyl (C=O) groups is 1. The quantitative estimate of drug-likeness (QED) is 0.685. The van der Waals surface area contributed by atoms with Crippen LogP contribution < -0.4 is 16.4 Å². The van der Waals surface area contributed by atoms with E-state index < -0.39 is 0 Å². The van der Waals surface area contributed by atoms with Gasteiger partial charge in [-0.3, -0.25) is 4.79 Å². The molecule has 0 spiro atoms. The molecule has 1 aromatic carbocycles. The molecule has 17 heavy (non-hydrogen) atoms. The fraction of sp³-hybridized carbons (Fsp3) is 0.273. The molecule has 0 saturated heterocycles. The third kappa shape index (κ3) is 2.66. The van der Waals surface area contributed by atoms with Crippen molar-refractivity contribution in [2.45, 2.75) is 6.42 Å². The maximum absolute atomic E-state index is 11.0. The lowest BCUT2D eigenvalue weighted by Crippen LogP contribution is -2.20. The first-order chi connectivity index (χ1) is 8.19. The van der Waals surface area contributed by atoms with Crippen LogP contribution in [0.3, 0.4) is 0 Å². The number of nitrogens with two attached hydrogens (primary N) is 1. The largest absolute Gasteiger partial charge is 0.424 e. The average molecular weight is 234 g/mol. The van der Waals surface area contributed by atoms with E-state index in [9.17, 15) is 4.79 Å². The number of nitrogens with one attached hydrogen (secondary N) is 2. The van der Waals surface area contributed by atoms with Gasteiger partial charge in [-0.1, -0.05) is 0 Å². The summed E-state index contributed by atoms with van der Waals surface area (Å²) in [6.07, 6.45) is 0.372. The second kappa shape index (κ2) is 4.73. The molecule has 1 heterocycles. The van der Waals surface area contributed by atoms with Crippen molar-refractivity contribution in [3.63, 3.8) is 0 Å². The van der Waals surface area contributed by atoms with Crippen molar-refractivity contribution < 1.29 is 9.21 Å². The molecule has 0 aliphatic heterocycles. The van der Waals surface area contributed by atoms with Crippen molar-refractivity contribution in [3.05, 3.63) is 18.2 Å². The Morgan fingerprint density at radius 2 is 2.35 bits per heavy atom. The number of nitrogen functional groups attached to an aromatic ring is 1. The summed E-state index contributed by atoms with van der Waals surface area (Å²) in [7, 11) is 1.60. The highest BCUT2D eigenvalue weighted by Gasteiger charge is 2.05. The van der Waals surface area contributed by atoms with E-state index in [1.165, 1.54) is 0 Å². The predicted octanol–water partition coefficient (Wildman–Crippen LogP) is 0.958. The minimum Gasteiger partial charge on any atom is -0.424 e. The van der Waals surface area contributed by atoms with Gasteiger partial charge in [0.25, 0.3) is 6.01 Å². The Kier molecular flexibility index (Phi) is 3.13. The Bertz CT molecular complexity index is 535. The third-order valence-corrected chi connectivity index (χ3v) is 2.32. The molecule has 0 unspecified atom stereocenters. The topological polar surface area (TPSA) is 93.2 Å². The zero-order valence-corrected chi connectivity index (χ0v) is 9.49. The standard InChI is InChI=1S/C11H14N4O2/c1-13-10(16)4-5-14-11-15-8-6-7(12)2-3-9(8)17-11/h2-3,6H,4-5,12H2,1H3,(H,13,16)(H,14,15). The van der Waals surface area contributed by atoms with E-state index in [0.29, 0.717) is 35.8 Å². The molecule has 0 radical (unpaired) electrons. The molecule has 2 aromatic rings. The second-order valence-electron chi connectivity index (χ2n) is 3.60. The summed E-state index contributed by atoms with van der Waals surface area (Å²) in [5, 5.41) is 5.48. The molecular formula is C11H14N4O2. The summed E-state index contributed by atoms with van der Waals surface area (Å²) in [5.74, 6) is -0.0298. The van der Waals surface area contributed by atoms with Crippen molar-refractivity contribution >= 4 is 28.7 Å². The monoisotopic (exact) mass is 234 g/mol. The molecule has 4 N–H and O–H groups in total. The first-order valence-electron chi connectivity index (χ1n) is 5.29. The summed E-state index contributed by atoms with van der Waals surface area (Å²) in [4.78, 5) is 15.2. The van der Waals surface area contributed by atoms with Gasteiger partial charge in [0.05, 0.1) is 0 Å². The first-order valence-corrected chi connectivity index (χ1v) is 5.29. The van der Waals surface area contributed by atoms with Crippen LogP contribution in [0.5, 0.6) is 0 Å². The lowest BCUT2D eigenvalue weighted by Gasteiger charge is -1.99. The van der Waals surface area contributed by atoms with Gasteiger partial charge >= 0.3 is 0 Å². The highest BCUT2D eigenvalue weighted by atomic mass is 16.4. The summed E-state index contributed by atoms with van der Waals surface area (Å²) in [5.41, 5.74) is 7.65. The van der Waals surface area contributed by atoms with Crippen LogP contribution in [0.4, 0.5) is 11.7 Å². The average Bonchev–Trinajstić information content (AvgIpc) is 2.70. The number of aromatic nitrogens is 1. The molecule has 0 fully saturated rings. The number of hydrogen-bond donors (Lipinski definition) is 3. The number of benzene rings is 1. The first kappa shape index (κ1) is 11.3. The molecule has 0 aliphatic rings. The van der Waals surface area contributed by atoms with E-state index in [4.69, 9.17) is 10.2 Å². The van der Waals surface area contributed by atoms with Crippen LogP contribution in [0.1, 0.15) is 6.42 Å². The van der Waals surface area contributed by atoms with Gasteiger partial charge in [0.15, 0.2) is 5.58 Å². The molecule has 0 atom stereocenters. The van der Waals surface area contributed by atoms with E-state index in [1.54, 1.807) is 25.2 Å². The SMILES string of the molecule is CNC(=O)CCNc1nc2cc(N)ccc2o1. The highest BCUT2D eigenvalue weighted by molar-refractivity contribution is 5.78. The molecule has 90 valence electrons. The van der Waals surface area contributed by atoms with Gasteiger partial charge in [-0.15, -0.1) is 0 Å². The molecule has 0 saturated carbocycles. The summed E-state index contributed by atoms with van der Waals surface area (Å²) in [6.45, 7) is 0.474. The van der Waals surface area contributed by atoms with Crippen LogP contribution in [0.2, 0.25) is 0 Å². The lowest BCUT2D eigenvalue weighted by atomic mass is 10.3. The minimum absolute atomic E-state index is 0.0298. The predicted molar refractivity (Wildman–Crippen MR) is 65.6 cm³/mol. The van der Waals surface area contributed by atoms with Crippen LogP contribution in [-0.2, 0) is 4.79 Å². The smallest absolute Gasteiger partial charge is 0.295 e. The van der Waals surface area contributed by atoms with Crippen LogP contribution in [0.25, 0.3) is 11.1 Å². The fourth-order valence-corrected chi connectivity index (χ4v) is 1.43. The number of amides is 1. The molecule has 1 amide bonds. The van der Waals surface area contributed by atoms with Gasteiger partial charge in [-0.2, -0.15) is 4.98 Å². The number of hydrogen-bond acceptors (Lipinski definition) is 5. The van der Waals surface area contributed by atoms with Gasteiger partial charge in [-0.05, 0) is 18.2 Å². The van der Waals surface area contributed by atoms with Gasteiger partial charge < -0.3 is 20.8 Å². The molecule has 6 nitrogen and oxygen atoms in total. The zero-order valence-electron chi connectivity index (χ0n) is 9.49. The molecular weight excluding hydrogens is 220 g/mol. The normalized spacial score (nSPS) is 10.4. The Hall–Kier alpha value is -2.24. The van der Waals surface area contributed by atoms with Gasteiger partial charge in [0, 0.05) is 25.7 Å². The Labute approximate surface area is 98.2 Å². The Morgan fingerprint density at radius 3 is 3.12 bits per heavy atom. The molecule has 6 heteroatoms. The zero-order chi connectivity index (χ0) is 12.3. The van der Waals surface area contributed by atoms with Gasteiger partial charge in [0.2, 0.25) is 5.91 Å². The number of anilines is 2.